The molecule has 6 nitrogen and oxygen atoms in total. The Morgan fingerprint density at radius 1 is 1.10 bits per heavy atom. The topological polar surface area (TPSA) is 93.9 Å². The number of aromatic amines is 1. The molecule has 0 fully saturated rings. The lowest BCUT2D eigenvalue weighted by Crippen LogP contribution is -2.17. The summed E-state index contributed by atoms with van der Waals surface area (Å²) >= 11 is 1.62. The molecular formula is C23H17N5OS. The first-order chi connectivity index (χ1) is 14.7. The third-order valence-electron chi connectivity index (χ3n) is 4.38. The summed E-state index contributed by atoms with van der Waals surface area (Å²) in [6.07, 6.45) is 1.54. The molecule has 1 amide bonds. The van der Waals surface area contributed by atoms with Gasteiger partial charge in [-0.15, -0.1) is 0 Å². The van der Waals surface area contributed by atoms with Gasteiger partial charge in [0.2, 0.25) is 0 Å². The lowest BCUT2D eigenvalue weighted by molar-refractivity contribution is 0.0955. The highest BCUT2D eigenvalue weighted by Crippen LogP contribution is 2.23. The van der Waals surface area contributed by atoms with Crippen LogP contribution < -0.4 is 5.43 Å². The van der Waals surface area contributed by atoms with Crippen LogP contribution in [-0.4, -0.2) is 22.1 Å². The highest BCUT2D eigenvalue weighted by molar-refractivity contribution is 7.98. The maximum absolute atomic E-state index is 12.2. The van der Waals surface area contributed by atoms with E-state index in [0.29, 0.717) is 11.1 Å². The monoisotopic (exact) mass is 411 g/mol. The van der Waals surface area contributed by atoms with E-state index in [4.69, 9.17) is 5.26 Å². The lowest BCUT2D eigenvalue weighted by Gasteiger charge is -2.03. The van der Waals surface area contributed by atoms with E-state index < -0.39 is 0 Å². The first-order valence-electron chi connectivity index (χ1n) is 9.21. The van der Waals surface area contributed by atoms with Crippen LogP contribution in [0.5, 0.6) is 0 Å². The number of hydrogen-bond acceptors (Lipinski definition) is 5. The van der Waals surface area contributed by atoms with E-state index in [1.807, 2.05) is 36.4 Å². The molecule has 0 bridgehead atoms. The Morgan fingerprint density at radius 3 is 2.60 bits per heavy atom. The summed E-state index contributed by atoms with van der Waals surface area (Å²) in [7, 11) is 0. The zero-order valence-electron chi connectivity index (χ0n) is 15.9. The largest absolute Gasteiger partial charge is 0.333 e. The van der Waals surface area contributed by atoms with Gasteiger partial charge >= 0.3 is 0 Å². The number of amides is 1. The maximum Gasteiger partial charge on any atom is 0.271 e. The number of thioether (sulfide) groups is 1. The average molecular weight is 411 g/mol. The summed E-state index contributed by atoms with van der Waals surface area (Å²) in [4.78, 5) is 20.1. The average Bonchev–Trinajstić information content (AvgIpc) is 3.21. The number of H-pyrrole nitrogens is 1. The van der Waals surface area contributed by atoms with Gasteiger partial charge in [-0.25, -0.2) is 10.4 Å². The normalized spacial score (nSPS) is 10.9. The number of nitrogens with zero attached hydrogens (tertiary/aromatic N) is 3. The minimum Gasteiger partial charge on any atom is -0.333 e. The molecule has 0 saturated carbocycles. The number of aromatic nitrogens is 2. The van der Waals surface area contributed by atoms with Gasteiger partial charge in [0.15, 0.2) is 5.16 Å². The molecule has 0 aliphatic rings. The molecule has 0 aliphatic carbocycles. The zero-order valence-corrected chi connectivity index (χ0v) is 16.7. The summed E-state index contributed by atoms with van der Waals surface area (Å²) in [6.45, 7) is 0. The minimum absolute atomic E-state index is 0.281. The van der Waals surface area contributed by atoms with Crippen molar-refractivity contribution in [3.63, 3.8) is 0 Å². The summed E-state index contributed by atoms with van der Waals surface area (Å²) in [5.74, 6) is 0.467. The molecule has 0 aliphatic heterocycles. The van der Waals surface area contributed by atoms with Crippen LogP contribution in [0, 0.1) is 11.3 Å². The van der Waals surface area contributed by atoms with Crippen LogP contribution in [0.3, 0.4) is 0 Å². The second-order valence-corrected chi connectivity index (χ2v) is 7.44. The van der Waals surface area contributed by atoms with Crippen molar-refractivity contribution in [2.24, 2.45) is 5.10 Å². The Balaban J connectivity index is 1.31. The Kier molecular flexibility index (Phi) is 5.88. The third kappa shape index (κ3) is 4.74. The summed E-state index contributed by atoms with van der Waals surface area (Å²) in [6, 6.07) is 24.3. The van der Waals surface area contributed by atoms with Crippen molar-refractivity contribution in [3.8, 4) is 6.07 Å². The van der Waals surface area contributed by atoms with E-state index in [1.54, 1.807) is 48.2 Å². The predicted molar refractivity (Wildman–Crippen MR) is 118 cm³/mol. The Hall–Kier alpha value is -3.89. The number of fused-ring (bicyclic) bond motifs is 1. The number of benzene rings is 3. The van der Waals surface area contributed by atoms with Crippen molar-refractivity contribution in [1.29, 1.82) is 5.26 Å². The highest BCUT2D eigenvalue weighted by atomic mass is 32.2. The Labute approximate surface area is 177 Å². The molecule has 4 rings (SSSR count). The van der Waals surface area contributed by atoms with Crippen molar-refractivity contribution in [1.82, 2.24) is 15.4 Å². The first kappa shape index (κ1) is 19.4. The van der Waals surface area contributed by atoms with Gasteiger partial charge in [-0.3, -0.25) is 4.79 Å². The molecule has 2 N–H and O–H groups in total. The van der Waals surface area contributed by atoms with E-state index >= 15 is 0 Å². The molecule has 1 heterocycles. The number of nitriles is 1. The van der Waals surface area contributed by atoms with Crippen LogP contribution in [0.1, 0.15) is 27.0 Å². The van der Waals surface area contributed by atoms with Gasteiger partial charge in [0.1, 0.15) is 0 Å². The van der Waals surface area contributed by atoms with Gasteiger partial charge in [0.05, 0.1) is 28.9 Å². The number of hydrogen-bond donors (Lipinski definition) is 2. The van der Waals surface area contributed by atoms with Gasteiger partial charge < -0.3 is 4.98 Å². The van der Waals surface area contributed by atoms with Gasteiger partial charge in [-0.1, -0.05) is 48.2 Å². The maximum atomic E-state index is 12.2. The fraction of sp³-hybridized carbons (Fsp3) is 0.0435. The molecule has 0 radical (unpaired) electrons. The Morgan fingerprint density at radius 2 is 1.87 bits per heavy atom. The van der Waals surface area contributed by atoms with Gasteiger partial charge in [0.25, 0.3) is 5.91 Å². The summed E-state index contributed by atoms with van der Waals surface area (Å²) in [5.41, 5.74) is 7.49. The number of rotatable bonds is 6. The molecule has 0 atom stereocenters. The molecular weight excluding hydrogens is 394 g/mol. The third-order valence-corrected chi connectivity index (χ3v) is 5.32. The van der Waals surface area contributed by atoms with Crippen LogP contribution in [0.2, 0.25) is 0 Å². The van der Waals surface area contributed by atoms with Crippen LogP contribution >= 0.6 is 11.8 Å². The fourth-order valence-corrected chi connectivity index (χ4v) is 3.62. The van der Waals surface area contributed by atoms with Crippen LogP contribution in [0.4, 0.5) is 0 Å². The predicted octanol–water partition coefficient (Wildman–Crippen LogP) is 4.49. The number of carbonyl (C=O) groups is 1. The van der Waals surface area contributed by atoms with E-state index in [2.05, 4.69) is 26.6 Å². The molecule has 0 spiro atoms. The quantitative estimate of drug-likeness (QED) is 0.278. The molecule has 3 aromatic carbocycles. The van der Waals surface area contributed by atoms with Crippen LogP contribution in [-0.2, 0) is 5.75 Å². The number of para-hydroxylation sites is 2. The van der Waals surface area contributed by atoms with E-state index in [1.165, 1.54) is 6.21 Å². The van der Waals surface area contributed by atoms with E-state index in [0.717, 1.165) is 33.1 Å². The lowest BCUT2D eigenvalue weighted by atomic mass is 10.1. The fourth-order valence-electron chi connectivity index (χ4n) is 2.78. The van der Waals surface area contributed by atoms with Crippen molar-refractivity contribution in [2.75, 3.05) is 0 Å². The van der Waals surface area contributed by atoms with Crippen molar-refractivity contribution >= 4 is 34.9 Å². The number of imidazole rings is 1. The van der Waals surface area contributed by atoms with Gasteiger partial charge in [0, 0.05) is 11.3 Å². The number of carbonyl (C=O) groups excluding carboxylic acids is 1. The molecule has 146 valence electrons. The molecule has 7 heteroatoms. The molecule has 0 saturated heterocycles. The molecule has 0 unspecified atom stereocenters. The van der Waals surface area contributed by atoms with Crippen LogP contribution in [0.15, 0.2) is 83.1 Å². The number of nitrogens with one attached hydrogen (secondary N) is 2. The smallest absolute Gasteiger partial charge is 0.271 e. The molecule has 30 heavy (non-hydrogen) atoms. The molecule has 4 aromatic rings. The van der Waals surface area contributed by atoms with Crippen molar-refractivity contribution < 1.29 is 4.79 Å². The van der Waals surface area contributed by atoms with Gasteiger partial charge in [-0.05, 0) is 47.5 Å². The zero-order chi connectivity index (χ0) is 20.8. The van der Waals surface area contributed by atoms with E-state index in [-0.39, 0.29) is 5.91 Å². The van der Waals surface area contributed by atoms with E-state index in [9.17, 15) is 4.79 Å². The summed E-state index contributed by atoms with van der Waals surface area (Å²) < 4.78 is 0. The molecule has 1 aromatic heterocycles. The summed E-state index contributed by atoms with van der Waals surface area (Å²) in [5, 5.41) is 13.6. The number of hydrazone groups is 1. The van der Waals surface area contributed by atoms with Gasteiger partial charge in [-0.2, -0.15) is 10.4 Å². The SMILES string of the molecule is N#Cc1ccc(C=NNC(=O)c2ccc(CSc3nc4ccccc4[nH]3)cc2)cc1. The minimum atomic E-state index is -0.281. The first-order valence-corrected chi connectivity index (χ1v) is 10.2. The standard InChI is InChI=1S/C23H17N5OS/c24-13-16-5-7-17(8-6-16)14-25-28-22(29)19-11-9-18(10-12-19)15-30-23-26-20-3-1-2-4-21(20)27-23/h1-12,14H,15H2,(H,26,27)(H,28,29). The Bertz CT molecular complexity index is 1200. The van der Waals surface area contributed by atoms with Crippen molar-refractivity contribution in [3.05, 3.63) is 95.1 Å². The second kappa shape index (κ2) is 9.07. The van der Waals surface area contributed by atoms with Crippen molar-refractivity contribution in [2.45, 2.75) is 10.9 Å². The highest BCUT2D eigenvalue weighted by Gasteiger charge is 2.06. The second-order valence-electron chi connectivity index (χ2n) is 6.48. The van der Waals surface area contributed by atoms with Crippen LogP contribution in [0.25, 0.3) is 11.0 Å².